The third-order valence-corrected chi connectivity index (χ3v) is 9.38. The molecule has 2 aromatic carbocycles. The summed E-state index contributed by atoms with van der Waals surface area (Å²) in [5, 5.41) is 2.51. The normalized spacial score (nSPS) is 11.6. The van der Waals surface area contributed by atoms with Crippen LogP contribution in [0.1, 0.15) is 65.7 Å². The van der Waals surface area contributed by atoms with Crippen molar-refractivity contribution in [3.63, 3.8) is 0 Å². The Labute approximate surface area is 301 Å². The van der Waals surface area contributed by atoms with E-state index in [1.165, 1.54) is 40.3 Å². The van der Waals surface area contributed by atoms with Crippen LogP contribution in [0.15, 0.2) is 134 Å². The molecule has 7 heteroatoms. The minimum Gasteiger partial charge on any atom is -0.287 e. The van der Waals surface area contributed by atoms with Gasteiger partial charge in [-0.25, -0.2) is 4.98 Å². The molecule has 0 aliphatic rings. The van der Waals surface area contributed by atoms with Crippen LogP contribution in [-0.2, 0) is 45.7 Å². The lowest BCUT2D eigenvalue weighted by molar-refractivity contribution is 0.242. The number of pyridine rings is 5. The van der Waals surface area contributed by atoms with E-state index >= 15 is 0 Å². The van der Waals surface area contributed by atoms with Crippen molar-refractivity contribution in [2.45, 2.75) is 71.9 Å². The number of rotatable bonds is 16. The lowest BCUT2D eigenvalue weighted by Gasteiger charge is -2.24. The summed E-state index contributed by atoms with van der Waals surface area (Å²) >= 11 is 0. The quantitative estimate of drug-likeness (QED) is 0.0750. The zero-order chi connectivity index (χ0) is 34.7. The van der Waals surface area contributed by atoms with Crippen molar-refractivity contribution in [2.75, 3.05) is 0 Å². The maximum Gasteiger partial charge on any atom is 0.0757 e. The molecule has 7 aromatic rings. The Balaban J connectivity index is 1.30. The van der Waals surface area contributed by atoms with Gasteiger partial charge in [-0.05, 0) is 78.1 Å². The Kier molecular flexibility index (Phi) is 11.4. The number of fused-ring (bicyclic) bond motifs is 2. The van der Waals surface area contributed by atoms with Crippen LogP contribution in [0.5, 0.6) is 0 Å². The minimum absolute atomic E-state index is 0.714. The second-order valence-electron chi connectivity index (χ2n) is 13.2. The van der Waals surface area contributed by atoms with Gasteiger partial charge in [0.2, 0.25) is 0 Å². The van der Waals surface area contributed by atoms with E-state index in [1.807, 2.05) is 49.1 Å². The SMILES string of the molecule is CCCCCc1c2cccc(CN(Cc3ccccn3)Cc3ccccn3)c2nc2c(CN(Cc3ccccn3)Cc3ccccn3)cccc12. The van der Waals surface area contributed by atoms with E-state index in [4.69, 9.17) is 4.98 Å². The molecule has 0 atom stereocenters. The van der Waals surface area contributed by atoms with Gasteiger partial charge in [0.05, 0.1) is 33.8 Å². The second kappa shape index (κ2) is 17.0. The number of unbranched alkanes of at least 4 members (excludes halogenated alkanes) is 2. The minimum atomic E-state index is 0.714. The van der Waals surface area contributed by atoms with Crippen LogP contribution in [0.4, 0.5) is 0 Å². The van der Waals surface area contributed by atoms with Gasteiger partial charge in [-0.3, -0.25) is 29.7 Å². The Morgan fingerprint density at radius 2 is 0.843 bits per heavy atom. The van der Waals surface area contributed by atoms with Gasteiger partial charge < -0.3 is 0 Å². The van der Waals surface area contributed by atoms with Crippen molar-refractivity contribution in [1.29, 1.82) is 0 Å². The smallest absolute Gasteiger partial charge is 0.0757 e. The van der Waals surface area contributed by atoms with Crippen LogP contribution in [0.25, 0.3) is 21.8 Å². The highest BCUT2D eigenvalue weighted by atomic mass is 15.1. The highest BCUT2D eigenvalue weighted by molar-refractivity contribution is 5.99. The van der Waals surface area contributed by atoms with Gasteiger partial charge in [0, 0.05) is 74.8 Å². The fourth-order valence-corrected chi connectivity index (χ4v) is 6.97. The van der Waals surface area contributed by atoms with E-state index in [-0.39, 0.29) is 0 Å². The van der Waals surface area contributed by atoms with Gasteiger partial charge in [-0.15, -0.1) is 0 Å². The van der Waals surface area contributed by atoms with Crippen LogP contribution in [0.3, 0.4) is 0 Å². The Morgan fingerprint density at radius 3 is 1.20 bits per heavy atom. The average Bonchev–Trinajstić information content (AvgIpc) is 3.17. The zero-order valence-corrected chi connectivity index (χ0v) is 29.4. The molecule has 5 aromatic heterocycles. The molecule has 0 aliphatic heterocycles. The number of aromatic nitrogens is 5. The summed E-state index contributed by atoms with van der Waals surface area (Å²) in [6, 6.07) is 38.0. The van der Waals surface area contributed by atoms with Crippen molar-refractivity contribution in [1.82, 2.24) is 34.7 Å². The van der Waals surface area contributed by atoms with E-state index in [0.29, 0.717) is 26.2 Å². The number of aryl methyl sites for hydroxylation is 1. The molecule has 256 valence electrons. The first-order valence-electron chi connectivity index (χ1n) is 18.1. The molecule has 0 aliphatic carbocycles. The van der Waals surface area contributed by atoms with Crippen molar-refractivity contribution in [3.8, 4) is 0 Å². The maximum absolute atomic E-state index is 5.58. The van der Waals surface area contributed by atoms with Crippen LogP contribution in [0.2, 0.25) is 0 Å². The summed E-state index contributed by atoms with van der Waals surface area (Å²) in [4.78, 5) is 29.1. The summed E-state index contributed by atoms with van der Waals surface area (Å²) in [6.45, 7) is 6.58. The van der Waals surface area contributed by atoms with E-state index in [1.54, 1.807) is 0 Å². The summed E-state index contributed by atoms with van der Waals surface area (Å²) in [7, 11) is 0. The first-order chi connectivity index (χ1) is 25.2. The molecule has 7 rings (SSSR count). The van der Waals surface area contributed by atoms with Crippen LogP contribution < -0.4 is 0 Å². The summed E-state index contributed by atoms with van der Waals surface area (Å²) < 4.78 is 0. The Hall–Kier alpha value is -5.37. The number of hydrogen-bond donors (Lipinski definition) is 0. The van der Waals surface area contributed by atoms with E-state index < -0.39 is 0 Å². The highest BCUT2D eigenvalue weighted by Crippen LogP contribution is 2.33. The fraction of sp³-hybridized carbons (Fsp3) is 0.250. The van der Waals surface area contributed by atoms with Crippen LogP contribution >= 0.6 is 0 Å². The molecule has 0 saturated heterocycles. The number of hydrogen-bond acceptors (Lipinski definition) is 7. The molecule has 0 N–H and O–H groups in total. The first kappa shape index (κ1) is 34.1. The predicted octanol–water partition coefficient (Wildman–Crippen LogP) is 9.11. The summed E-state index contributed by atoms with van der Waals surface area (Å²) in [5.74, 6) is 0. The Morgan fingerprint density at radius 1 is 0.431 bits per heavy atom. The topological polar surface area (TPSA) is 70.9 Å². The highest BCUT2D eigenvalue weighted by Gasteiger charge is 2.19. The standard InChI is InChI=1S/C44H45N7/c1-2-3-4-21-40-41-22-13-15-34(28-50(30-36-17-5-9-24-45-36)31-37-18-6-10-25-46-37)43(41)49-44-35(16-14-23-42(40)44)29-51(32-38-19-7-11-26-47-38)33-39-20-8-12-27-48-39/h5-20,22-27H,2-4,21,28-33H2,1H3. The fourth-order valence-electron chi connectivity index (χ4n) is 6.97. The monoisotopic (exact) mass is 671 g/mol. The number of benzene rings is 2. The largest absolute Gasteiger partial charge is 0.287 e. The third-order valence-electron chi connectivity index (χ3n) is 9.38. The molecular weight excluding hydrogens is 627 g/mol. The molecule has 0 bridgehead atoms. The van der Waals surface area contributed by atoms with Gasteiger partial charge in [0.1, 0.15) is 0 Å². The van der Waals surface area contributed by atoms with Gasteiger partial charge in [0.15, 0.2) is 0 Å². The zero-order valence-electron chi connectivity index (χ0n) is 29.4. The third kappa shape index (κ3) is 8.87. The van der Waals surface area contributed by atoms with Gasteiger partial charge in [-0.1, -0.05) is 80.4 Å². The van der Waals surface area contributed by atoms with Crippen molar-refractivity contribution in [3.05, 3.63) is 173 Å². The molecule has 5 heterocycles. The van der Waals surface area contributed by atoms with Crippen molar-refractivity contribution >= 4 is 21.8 Å². The summed E-state index contributed by atoms with van der Waals surface area (Å²) in [6.07, 6.45) is 12.0. The number of para-hydroxylation sites is 2. The Bertz CT molecular complexity index is 1890. The van der Waals surface area contributed by atoms with E-state index in [2.05, 4.69) is 122 Å². The van der Waals surface area contributed by atoms with E-state index in [9.17, 15) is 0 Å². The lowest BCUT2D eigenvalue weighted by Crippen LogP contribution is -2.24. The molecule has 0 fully saturated rings. The molecule has 7 nitrogen and oxygen atoms in total. The maximum atomic E-state index is 5.58. The second-order valence-corrected chi connectivity index (χ2v) is 13.2. The molecule has 0 spiro atoms. The molecule has 0 radical (unpaired) electrons. The van der Waals surface area contributed by atoms with Gasteiger partial charge in [0.25, 0.3) is 0 Å². The van der Waals surface area contributed by atoms with Crippen molar-refractivity contribution in [2.24, 2.45) is 0 Å². The number of nitrogens with zero attached hydrogens (tertiary/aromatic N) is 7. The lowest BCUT2D eigenvalue weighted by atomic mass is 9.94. The summed E-state index contributed by atoms with van der Waals surface area (Å²) in [5.41, 5.74) is 10.1. The molecule has 0 unspecified atom stereocenters. The van der Waals surface area contributed by atoms with Crippen LogP contribution in [0, 0.1) is 0 Å². The van der Waals surface area contributed by atoms with Crippen molar-refractivity contribution < 1.29 is 0 Å². The first-order valence-corrected chi connectivity index (χ1v) is 18.1. The van der Waals surface area contributed by atoms with Crippen LogP contribution in [-0.4, -0.2) is 34.7 Å². The molecule has 0 amide bonds. The average molecular weight is 672 g/mol. The van der Waals surface area contributed by atoms with Gasteiger partial charge in [-0.2, -0.15) is 0 Å². The molecule has 51 heavy (non-hydrogen) atoms. The van der Waals surface area contributed by atoms with E-state index in [0.717, 1.165) is 59.7 Å². The van der Waals surface area contributed by atoms with Gasteiger partial charge >= 0.3 is 0 Å². The molecular formula is C44H45N7. The predicted molar refractivity (Wildman–Crippen MR) is 205 cm³/mol. The molecule has 0 saturated carbocycles.